The summed E-state index contributed by atoms with van der Waals surface area (Å²) in [6.07, 6.45) is 1.27. The van der Waals surface area contributed by atoms with Crippen LogP contribution in [0.4, 0.5) is 5.69 Å². The summed E-state index contributed by atoms with van der Waals surface area (Å²) in [4.78, 5) is 12.1. The van der Waals surface area contributed by atoms with E-state index in [1.54, 1.807) is 13.2 Å². The van der Waals surface area contributed by atoms with Crippen molar-refractivity contribution in [1.82, 2.24) is 5.32 Å². The summed E-state index contributed by atoms with van der Waals surface area (Å²) in [5, 5.41) is 7.48. The highest BCUT2D eigenvalue weighted by Crippen LogP contribution is 2.30. The molecule has 0 unspecified atom stereocenters. The number of hydrogen-bond donors (Lipinski definition) is 2. The fourth-order valence-corrected chi connectivity index (χ4v) is 2.63. The fourth-order valence-electron chi connectivity index (χ4n) is 2.35. The van der Waals surface area contributed by atoms with Gasteiger partial charge in [-0.3, -0.25) is 4.79 Å². The predicted octanol–water partition coefficient (Wildman–Crippen LogP) is 4.47. The van der Waals surface area contributed by atoms with Crippen LogP contribution in [0.3, 0.4) is 0 Å². The molecule has 0 saturated carbocycles. The summed E-state index contributed by atoms with van der Waals surface area (Å²) < 4.78 is 5.26. The summed E-state index contributed by atoms with van der Waals surface area (Å²) >= 11 is 11.9. The van der Waals surface area contributed by atoms with Gasteiger partial charge in [0.25, 0.3) is 0 Å². The monoisotopic (exact) mass is 380 g/mol. The average molecular weight is 381 g/mol. The third-order valence-corrected chi connectivity index (χ3v) is 4.45. The van der Waals surface area contributed by atoms with Gasteiger partial charge in [-0.1, -0.05) is 35.3 Å². The lowest BCUT2D eigenvalue weighted by molar-refractivity contribution is -0.116. The standard InChI is InChI=1S/C19H22Cl2N2O2/c1-13-11-17(18(25-2)12-16(13)21)23-19(24)8-10-22-9-7-14-3-5-15(20)6-4-14/h3-6,11-12,22H,7-10H2,1-2H3,(H,23,24). The van der Waals surface area contributed by atoms with Crippen molar-refractivity contribution in [2.45, 2.75) is 19.8 Å². The normalized spacial score (nSPS) is 10.6. The molecule has 4 nitrogen and oxygen atoms in total. The molecule has 25 heavy (non-hydrogen) atoms. The molecule has 0 aliphatic carbocycles. The maximum Gasteiger partial charge on any atom is 0.225 e. The minimum Gasteiger partial charge on any atom is -0.495 e. The third-order valence-electron chi connectivity index (χ3n) is 3.79. The highest BCUT2D eigenvalue weighted by molar-refractivity contribution is 6.31. The van der Waals surface area contributed by atoms with E-state index in [-0.39, 0.29) is 5.91 Å². The van der Waals surface area contributed by atoms with E-state index in [4.69, 9.17) is 27.9 Å². The van der Waals surface area contributed by atoms with Crippen LogP contribution in [0.1, 0.15) is 17.5 Å². The van der Waals surface area contributed by atoms with E-state index >= 15 is 0 Å². The van der Waals surface area contributed by atoms with Crippen LogP contribution < -0.4 is 15.4 Å². The number of halogens is 2. The van der Waals surface area contributed by atoms with E-state index in [1.165, 1.54) is 5.56 Å². The number of aryl methyl sites for hydroxylation is 1. The number of carbonyl (C=O) groups is 1. The first-order valence-corrected chi connectivity index (χ1v) is 8.84. The first-order valence-electron chi connectivity index (χ1n) is 8.08. The quantitative estimate of drug-likeness (QED) is 0.664. The fraction of sp³-hybridized carbons (Fsp3) is 0.316. The first kappa shape index (κ1) is 19.6. The molecule has 0 aliphatic heterocycles. The molecule has 0 bridgehead atoms. The Kier molecular flexibility index (Phi) is 7.56. The van der Waals surface area contributed by atoms with Crippen molar-refractivity contribution in [3.63, 3.8) is 0 Å². The van der Waals surface area contributed by atoms with Gasteiger partial charge in [0.2, 0.25) is 5.91 Å². The molecule has 0 saturated heterocycles. The molecule has 6 heteroatoms. The van der Waals surface area contributed by atoms with Crippen LogP contribution in [0.15, 0.2) is 36.4 Å². The second-order valence-corrected chi connectivity index (χ2v) is 6.57. The Labute approximate surface area is 158 Å². The molecule has 0 aliphatic rings. The molecule has 0 radical (unpaired) electrons. The highest BCUT2D eigenvalue weighted by atomic mass is 35.5. The zero-order chi connectivity index (χ0) is 18.2. The number of carbonyl (C=O) groups excluding carboxylic acids is 1. The Hall–Kier alpha value is -1.75. The van der Waals surface area contributed by atoms with Crippen LogP contribution in [0.5, 0.6) is 5.75 Å². The maximum absolute atomic E-state index is 12.1. The average Bonchev–Trinajstić information content (AvgIpc) is 2.59. The van der Waals surface area contributed by atoms with E-state index in [0.717, 1.165) is 23.6 Å². The number of methoxy groups -OCH3 is 1. The van der Waals surface area contributed by atoms with Crippen LogP contribution in [-0.2, 0) is 11.2 Å². The van der Waals surface area contributed by atoms with E-state index in [1.807, 2.05) is 37.3 Å². The van der Waals surface area contributed by atoms with Gasteiger partial charge in [0, 0.05) is 29.1 Å². The van der Waals surface area contributed by atoms with Crippen LogP contribution in [0, 0.1) is 6.92 Å². The molecule has 2 aromatic carbocycles. The summed E-state index contributed by atoms with van der Waals surface area (Å²) in [5.74, 6) is 0.485. The number of nitrogens with one attached hydrogen (secondary N) is 2. The summed E-state index contributed by atoms with van der Waals surface area (Å²) in [5.41, 5.74) is 2.73. The zero-order valence-corrected chi connectivity index (χ0v) is 15.9. The smallest absolute Gasteiger partial charge is 0.225 e. The molecular formula is C19H22Cl2N2O2. The molecule has 0 aromatic heterocycles. The summed E-state index contributed by atoms with van der Waals surface area (Å²) in [7, 11) is 1.55. The highest BCUT2D eigenvalue weighted by Gasteiger charge is 2.10. The summed E-state index contributed by atoms with van der Waals surface area (Å²) in [6, 6.07) is 11.3. The van der Waals surface area contributed by atoms with E-state index in [9.17, 15) is 4.79 Å². The minimum absolute atomic E-state index is 0.0704. The Balaban J connectivity index is 1.74. The second kappa shape index (κ2) is 9.66. The lowest BCUT2D eigenvalue weighted by Gasteiger charge is -2.12. The molecule has 134 valence electrons. The molecular weight excluding hydrogens is 359 g/mol. The molecule has 0 heterocycles. The third kappa shape index (κ3) is 6.24. The van der Waals surface area contributed by atoms with E-state index < -0.39 is 0 Å². The number of amides is 1. The molecule has 2 N–H and O–H groups in total. The molecule has 2 aromatic rings. The lowest BCUT2D eigenvalue weighted by Crippen LogP contribution is -2.23. The van der Waals surface area contributed by atoms with Crippen LogP contribution in [-0.4, -0.2) is 26.1 Å². The number of rotatable bonds is 8. The number of anilines is 1. The van der Waals surface area contributed by atoms with Crippen molar-refractivity contribution in [3.8, 4) is 5.75 Å². The molecule has 0 atom stereocenters. The van der Waals surface area contributed by atoms with Gasteiger partial charge in [-0.15, -0.1) is 0 Å². The number of hydrogen-bond acceptors (Lipinski definition) is 3. The van der Waals surface area contributed by atoms with Crippen LogP contribution >= 0.6 is 23.2 Å². The van der Waals surface area contributed by atoms with Crippen molar-refractivity contribution in [3.05, 3.63) is 57.6 Å². The van der Waals surface area contributed by atoms with E-state index in [0.29, 0.717) is 29.4 Å². The lowest BCUT2D eigenvalue weighted by atomic mass is 10.1. The Morgan fingerprint density at radius 2 is 1.84 bits per heavy atom. The zero-order valence-electron chi connectivity index (χ0n) is 14.4. The molecule has 0 fully saturated rings. The van der Waals surface area contributed by atoms with Gasteiger partial charge in [-0.2, -0.15) is 0 Å². The minimum atomic E-state index is -0.0704. The summed E-state index contributed by atoms with van der Waals surface area (Å²) in [6.45, 7) is 3.29. The number of ether oxygens (including phenoxy) is 1. The van der Waals surface area contributed by atoms with Gasteiger partial charge in [-0.05, 0) is 49.2 Å². The molecule has 2 rings (SSSR count). The largest absolute Gasteiger partial charge is 0.495 e. The number of benzene rings is 2. The van der Waals surface area contributed by atoms with Gasteiger partial charge >= 0.3 is 0 Å². The van der Waals surface area contributed by atoms with Gasteiger partial charge in [0.1, 0.15) is 5.75 Å². The second-order valence-electron chi connectivity index (χ2n) is 5.73. The molecule has 1 amide bonds. The Morgan fingerprint density at radius 1 is 1.12 bits per heavy atom. The van der Waals surface area contributed by atoms with Gasteiger partial charge in [0.05, 0.1) is 12.8 Å². The predicted molar refractivity (Wildman–Crippen MR) is 104 cm³/mol. The van der Waals surface area contributed by atoms with Crippen molar-refractivity contribution < 1.29 is 9.53 Å². The first-order chi connectivity index (χ1) is 12.0. The van der Waals surface area contributed by atoms with Crippen molar-refractivity contribution in [2.24, 2.45) is 0 Å². The van der Waals surface area contributed by atoms with Crippen molar-refractivity contribution in [1.29, 1.82) is 0 Å². The van der Waals surface area contributed by atoms with E-state index in [2.05, 4.69) is 10.6 Å². The van der Waals surface area contributed by atoms with Crippen molar-refractivity contribution >= 4 is 34.8 Å². The van der Waals surface area contributed by atoms with Gasteiger partial charge in [0.15, 0.2) is 0 Å². The maximum atomic E-state index is 12.1. The Morgan fingerprint density at radius 3 is 2.52 bits per heavy atom. The van der Waals surface area contributed by atoms with Crippen LogP contribution in [0.25, 0.3) is 0 Å². The van der Waals surface area contributed by atoms with Crippen LogP contribution in [0.2, 0.25) is 10.0 Å². The van der Waals surface area contributed by atoms with Gasteiger partial charge < -0.3 is 15.4 Å². The van der Waals surface area contributed by atoms with Crippen molar-refractivity contribution in [2.75, 3.05) is 25.5 Å². The topological polar surface area (TPSA) is 50.4 Å². The molecule has 0 spiro atoms. The van der Waals surface area contributed by atoms with Gasteiger partial charge in [-0.25, -0.2) is 0 Å². The Bertz CT molecular complexity index is 718. The SMILES string of the molecule is COc1cc(Cl)c(C)cc1NC(=O)CCNCCc1ccc(Cl)cc1.